The van der Waals surface area contributed by atoms with E-state index in [1.165, 1.54) is 16.7 Å². The molecule has 0 saturated carbocycles. The van der Waals surface area contributed by atoms with Gasteiger partial charge in [0, 0.05) is 6.92 Å². The van der Waals surface area contributed by atoms with Crippen molar-refractivity contribution in [1.82, 2.24) is 5.32 Å². The molecule has 1 atom stereocenters. The van der Waals surface area contributed by atoms with Gasteiger partial charge in [0.15, 0.2) is 0 Å². The highest BCUT2D eigenvalue weighted by Gasteiger charge is 2.21. The molecule has 0 saturated heterocycles. The number of amides is 1. The number of hydrogen-bond donors (Lipinski definition) is 1. The number of aryl methyl sites for hydroxylation is 1. The van der Waals surface area contributed by atoms with E-state index in [0.29, 0.717) is 13.2 Å². The molecule has 0 radical (unpaired) electrons. The molecule has 1 N–H and O–H groups in total. The molecule has 3 nitrogen and oxygen atoms in total. The average Bonchev–Trinajstić information content (AvgIpc) is 2.29. The number of rotatable bonds is 3. The summed E-state index contributed by atoms with van der Waals surface area (Å²) in [6.07, 6.45) is 2.22. The van der Waals surface area contributed by atoms with Gasteiger partial charge in [0.2, 0.25) is 5.91 Å². The lowest BCUT2D eigenvalue weighted by Crippen LogP contribution is -2.32. The Kier molecular flexibility index (Phi) is 3.79. The standard InChI is InChI=1S/C14H19NO2/c1-3-4-11-5-6-12-8-17-9-14(13(12)7-11)15-10(2)16/h5-7,14H,3-4,8-9H2,1-2H3,(H,15,16)/t14-/m0/s1. The zero-order chi connectivity index (χ0) is 12.3. The summed E-state index contributed by atoms with van der Waals surface area (Å²) in [5.41, 5.74) is 3.75. The first-order valence-electron chi connectivity index (χ1n) is 6.17. The maximum Gasteiger partial charge on any atom is 0.217 e. The van der Waals surface area contributed by atoms with Crippen LogP contribution in [0.15, 0.2) is 18.2 Å². The van der Waals surface area contributed by atoms with Crippen molar-refractivity contribution in [3.63, 3.8) is 0 Å². The highest BCUT2D eigenvalue weighted by molar-refractivity contribution is 5.73. The zero-order valence-corrected chi connectivity index (χ0v) is 10.5. The Morgan fingerprint density at radius 2 is 2.35 bits per heavy atom. The first-order valence-corrected chi connectivity index (χ1v) is 6.17. The topological polar surface area (TPSA) is 38.3 Å². The van der Waals surface area contributed by atoms with Crippen molar-refractivity contribution in [1.29, 1.82) is 0 Å². The molecule has 0 bridgehead atoms. The highest BCUT2D eigenvalue weighted by Crippen LogP contribution is 2.26. The van der Waals surface area contributed by atoms with E-state index in [-0.39, 0.29) is 11.9 Å². The Balaban J connectivity index is 2.27. The molecule has 17 heavy (non-hydrogen) atoms. The predicted octanol–water partition coefficient (Wildman–Crippen LogP) is 2.35. The second kappa shape index (κ2) is 5.32. The molecular formula is C14H19NO2. The molecule has 3 heteroatoms. The van der Waals surface area contributed by atoms with E-state index in [2.05, 4.69) is 30.4 Å². The fraction of sp³-hybridized carbons (Fsp3) is 0.500. The fourth-order valence-electron chi connectivity index (χ4n) is 2.29. The van der Waals surface area contributed by atoms with Crippen molar-refractivity contribution in [2.75, 3.05) is 6.61 Å². The monoisotopic (exact) mass is 233 g/mol. The maximum absolute atomic E-state index is 11.2. The Morgan fingerprint density at radius 3 is 3.06 bits per heavy atom. The molecule has 0 spiro atoms. The van der Waals surface area contributed by atoms with Gasteiger partial charge in [-0.2, -0.15) is 0 Å². The van der Waals surface area contributed by atoms with Gasteiger partial charge in [0.25, 0.3) is 0 Å². The molecule has 92 valence electrons. The summed E-state index contributed by atoms with van der Waals surface area (Å²) in [6, 6.07) is 6.49. The van der Waals surface area contributed by atoms with Crippen LogP contribution in [-0.2, 0) is 22.6 Å². The van der Waals surface area contributed by atoms with Gasteiger partial charge in [-0.25, -0.2) is 0 Å². The lowest BCUT2D eigenvalue weighted by Gasteiger charge is -2.26. The summed E-state index contributed by atoms with van der Waals surface area (Å²) in [6.45, 7) is 4.94. The molecule has 1 amide bonds. The van der Waals surface area contributed by atoms with Gasteiger partial charge < -0.3 is 10.1 Å². The van der Waals surface area contributed by atoms with Crippen LogP contribution in [0.4, 0.5) is 0 Å². The minimum atomic E-state index is -0.00709. The molecule has 1 aromatic carbocycles. The van der Waals surface area contributed by atoms with Crippen LogP contribution >= 0.6 is 0 Å². The number of benzene rings is 1. The summed E-state index contributed by atoms with van der Waals surface area (Å²) < 4.78 is 5.49. The van der Waals surface area contributed by atoms with Crippen LogP contribution in [0.3, 0.4) is 0 Å². The second-order valence-electron chi connectivity index (χ2n) is 4.55. The average molecular weight is 233 g/mol. The SMILES string of the molecule is CCCc1ccc2c(c1)[C@@H](NC(C)=O)COC2. The van der Waals surface area contributed by atoms with Gasteiger partial charge in [-0.1, -0.05) is 31.5 Å². The summed E-state index contributed by atoms with van der Waals surface area (Å²) >= 11 is 0. The molecule has 1 heterocycles. The highest BCUT2D eigenvalue weighted by atomic mass is 16.5. The molecule has 1 aliphatic rings. The smallest absolute Gasteiger partial charge is 0.217 e. The van der Waals surface area contributed by atoms with Gasteiger partial charge in [-0.3, -0.25) is 4.79 Å². The van der Waals surface area contributed by atoms with Crippen LogP contribution in [0, 0.1) is 0 Å². The van der Waals surface area contributed by atoms with Crippen molar-refractivity contribution in [3.8, 4) is 0 Å². The summed E-state index contributed by atoms with van der Waals surface area (Å²) in [5, 5.41) is 2.94. The van der Waals surface area contributed by atoms with Crippen molar-refractivity contribution in [2.24, 2.45) is 0 Å². The number of carbonyl (C=O) groups excluding carboxylic acids is 1. The van der Waals surface area contributed by atoms with Gasteiger partial charge >= 0.3 is 0 Å². The van der Waals surface area contributed by atoms with E-state index >= 15 is 0 Å². The van der Waals surface area contributed by atoms with Crippen molar-refractivity contribution < 1.29 is 9.53 Å². The third-order valence-corrected chi connectivity index (χ3v) is 3.04. The van der Waals surface area contributed by atoms with Crippen LogP contribution in [0.25, 0.3) is 0 Å². The van der Waals surface area contributed by atoms with E-state index in [1.807, 2.05) is 0 Å². The first kappa shape index (κ1) is 12.1. The van der Waals surface area contributed by atoms with Crippen LogP contribution in [0.5, 0.6) is 0 Å². The van der Waals surface area contributed by atoms with Crippen molar-refractivity contribution in [3.05, 3.63) is 34.9 Å². The van der Waals surface area contributed by atoms with E-state index in [0.717, 1.165) is 12.8 Å². The predicted molar refractivity (Wildman–Crippen MR) is 66.7 cm³/mol. The van der Waals surface area contributed by atoms with E-state index in [1.54, 1.807) is 6.92 Å². The zero-order valence-electron chi connectivity index (χ0n) is 10.5. The van der Waals surface area contributed by atoms with Crippen molar-refractivity contribution >= 4 is 5.91 Å². The van der Waals surface area contributed by atoms with Gasteiger partial charge in [0.05, 0.1) is 19.3 Å². The number of carbonyl (C=O) groups is 1. The normalized spacial score (nSPS) is 18.6. The van der Waals surface area contributed by atoms with Gasteiger partial charge in [-0.15, -0.1) is 0 Å². The lowest BCUT2D eigenvalue weighted by atomic mass is 9.95. The van der Waals surface area contributed by atoms with Crippen LogP contribution in [-0.4, -0.2) is 12.5 Å². The second-order valence-corrected chi connectivity index (χ2v) is 4.55. The minimum Gasteiger partial charge on any atom is -0.374 e. The summed E-state index contributed by atoms with van der Waals surface area (Å²) in [5.74, 6) is -0.00709. The van der Waals surface area contributed by atoms with Crippen LogP contribution < -0.4 is 5.32 Å². The molecule has 0 fully saturated rings. The largest absolute Gasteiger partial charge is 0.374 e. The quantitative estimate of drug-likeness (QED) is 0.870. The molecular weight excluding hydrogens is 214 g/mol. The van der Waals surface area contributed by atoms with Gasteiger partial charge in [0.1, 0.15) is 0 Å². The lowest BCUT2D eigenvalue weighted by molar-refractivity contribution is -0.120. The number of nitrogens with one attached hydrogen (secondary N) is 1. The van der Waals surface area contributed by atoms with E-state index < -0.39 is 0 Å². The number of fused-ring (bicyclic) bond motifs is 1. The molecule has 1 aromatic rings. The minimum absolute atomic E-state index is 0.00709. The molecule has 0 unspecified atom stereocenters. The van der Waals surface area contributed by atoms with Crippen molar-refractivity contribution in [2.45, 2.75) is 39.3 Å². The molecule has 0 aromatic heterocycles. The molecule has 1 aliphatic heterocycles. The summed E-state index contributed by atoms with van der Waals surface area (Å²) in [4.78, 5) is 11.2. The Morgan fingerprint density at radius 1 is 1.53 bits per heavy atom. The Hall–Kier alpha value is -1.35. The number of hydrogen-bond acceptors (Lipinski definition) is 2. The Bertz CT molecular complexity index is 415. The Labute approximate surface area is 102 Å². The first-order chi connectivity index (χ1) is 8.20. The van der Waals surface area contributed by atoms with Crippen LogP contribution in [0.1, 0.15) is 43.0 Å². The third-order valence-electron chi connectivity index (χ3n) is 3.04. The van der Waals surface area contributed by atoms with Crippen LogP contribution in [0.2, 0.25) is 0 Å². The summed E-state index contributed by atoms with van der Waals surface area (Å²) in [7, 11) is 0. The van der Waals surface area contributed by atoms with E-state index in [9.17, 15) is 4.79 Å². The van der Waals surface area contributed by atoms with E-state index in [4.69, 9.17) is 4.74 Å². The van der Waals surface area contributed by atoms with Gasteiger partial charge in [-0.05, 0) is 23.1 Å². The molecule has 2 rings (SSSR count). The number of ether oxygens (including phenoxy) is 1. The third kappa shape index (κ3) is 2.86. The molecule has 0 aliphatic carbocycles. The fourth-order valence-corrected chi connectivity index (χ4v) is 2.29. The maximum atomic E-state index is 11.2.